The number of rotatable bonds is 3. The molecule has 5 nitrogen and oxygen atoms in total. The van der Waals surface area contributed by atoms with Crippen LogP contribution in [0.5, 0.6) is 0 Å². The maximum absolute atomic E-state index is 12.6. The molecule has 2 aromatic heterocycles. The summed E-state index contributed by atoms with van der Waals surface area (Å²) in [6.07, 6.45) is -2.72. The third kappa shape index (κ3) is 2.73. The quantitative estimate of drug-likeness (QED) is 0.942. The fraction of sp³-hybridized carbons (Fsp3) is 0.417. The van der Waals surface area contributed by atoms with Crippen molar-refractivity contribution in [2.45, 2.75) is 26.9 Å². The van der Waals surface area contributed by atoms with Crippen molar-refractivity contribution in [3.05, 3.63) is 29.3 Å². The SMILES string of the molecule is CCNc1nc(C)nc(-n2cc(C(F)(F)F)cn2)c1C. The van der Waals surface area contributed by atoms with E-state index in [4.69, 9.17) is 0 Å². The largest absolute Gasteiger partial charge is 0.419 e. The molecule has 0 aliphatic heterocycles. The lowest BCUT2D eigenvalue weighted by Gasteiger charge is -2.11. The summed E-state index contributed by atoms with van der Waals surface area (Å²) in [5.41, 5.74) is -0.160. The average Bonchev–Trinajstić information content (AvgIpc) is 2.82. The minimum Gasteiger partial charge on any atom is -0.370 e. The molecule has 0 aliphatic rings. The van der Waals surface area contributed by atoms with Gasteiger partial charge in [-0.1, -0.05) is 0 Å². The smallest absolute Gasteiger partial charge is 0.370 e. The molecular weight excluding hydrogens is 271 g/mol. The second kappa shape index (κ2) is 5.10. The molecule has 0 aliphatic carbocycles. The van der Waals surface area contributed by atoms with Gasteiger partial charge in [0.25, 0.3) is 0 Å². The molecule has 0 aromatic carbocycles. The zero-order valence-corrected chi connectivity index (χ0v) is 11.3. The summed E-state index contributed by atoms with van der Waals surface area (Å²) in [4.78, 5) is 8.38. The highest BCUT2D eigenvalue weighted by Gasteiger charge is 2.32. The van der Waals surface area contributed by atoms with Crippen LogP contribution >= 0.6 is 0 Å². The fourth-order valence-electron chi connectivity index (χ4n) is 1.76. The molecule has 2 rings (SSSR count). The topological polar surface area (TPSA) is 55.6 Å². The molecule has 0 spiro atoms. The van der Waals surface area contributed by atoms with Crippen molar-refractivity contribution < 1.29 is 13.2 Å². The van der Waals surface area contributed by atoms with Crippen LogP contribution < -0.4 is 5.32 Å². The van der Waals surface area contributed by atoms with Crippen molar-refractivity contribution in [1.82, 2.24) is 19.7 Å². The summed E-state index contributed by atoms with van der Waals surface area (Å²) in [7, 11) is 0. The van der Waals surface area contributed by atoms with Gasteiger partial charge in [0.05, 0.1) is 11.8 Å². The van der Waals surface area contributed by atoms with Gasteiger partial charge in [0.15, 0.2) is 5.82 Å². The van der Waals surface area contributed by atoms with Gasteiger partial charge in [-0.25, -0.2) is 14.6 Å². The molecule has 0 bridgehead atoms. The van der Waals surface area contributed by atoms with Crippen LogP contribution in [0, 0.1) is 13.8 Å². The predicted molar refractivity (Wildman–Crippen MR) is 67.8 cm³/mol. The first-order chi connectivity index (χ1) is 9.32. The second-order valence-electron chi connectivity index (χ2n) is 4.27. The van der Waals surface area contributed by atoms with E-state index in [1.807, 2.05) is 6.92 Å². The Bertz CT molecular complexity index is 618. The molecule has 1 N–H and O–H groups in total. The molecule has 20 heavy (non-hydrogen) atoms. The average molecular weight is 285 g/mol. The maximum Gasteiger partial charge on any atom is 0.419 e. The van der Waals surface area contributed by atoms with E-state index in [1.165, 1.54) is 0 Å². The lowest BCUT2D eigenvalue weighted by atomic mass is 10.3. The van der Waals surface area contributed by atoms with E-state index in [-0.39, 0.29) is 0 Å². The van der Waals surface area contributed by atoms with Crippen molar-refractivity contribution in [2.75, 3.05) is 11.9 Å². The molecule has 0 saturated carbocycles. The maximum atomic E-state index is 12.6. The monoisotopic (exact) mass is 285 g/mol. The van der Waals surface area contributed by atoms with Crippen molar-refractivity contribution in [3.8, 4) is 5.82 Å². The van der Waals surface area contributed by atoms with Crippen molar-refractivity contribution in [3.63, 3.8) is 0 Å². The molecule has 0 fully saturated rings. The summed E-state index contributed by atoms with van der Waals surface area (Å²) in [6, 6.07) is 0. The van der Waals surface area contributed by atoms with Crippen molar-refractivity contribution in [2.24, 2.45) is 0 Å². The lowest BCUT2D eigenvalue weighted by Crippen LogP contribution is -2.10. The standard InChI is InChI=1S/C12H14F3N5/c1-4-16-10-7(2)11(19-8(3)18-10)20-6-9(5-17-20)12(13,14)15/h5-6H,4H2,1-3H3,(H,16,18,19). The van der Waals surface area contributed by atoms with E-state index in [0.29, 0.717) is 29.6 Å². The van der Waals surface area contributed by atoms with Gasteiger partial charge in [-0.15, -0.1) is 0 Å². The first-order valence-electron chi connectivity index (χ1n) is 6.04. The Morgan fingerprint density at radius 3 is 2.50 bits per heavy atom. The second-order valence-corrected chi connectivity index (χ2v) is 4.27. The lowest BCUT2D eigenvalue weighted by molar-refractivity contribution is -0.137. The van der Waals surface area contributed by atoms with E-state index < -0.39 is 11.7 Å². The van der Waals surface area contributed by atoms with Crippen LogP contribution in [0.25, 0.3) is 5.82 Å². The summed E-state index contributed by atoms with van der Waals surface area (Å²) < 4.78 is 38.9. The van der Waals surface area contributed by atoms with Crippen molar-refractivity contribution in [1.29, 1.82) is 0 Å². The van der Waals surface area contributed by atoms with Crippen molar-refractivity contribution >= 4 is 5.82 Å². The van der Waals surface area contributed by atoms with Crippen LogP contribution in [0.2, 0.25) is 0 Å². The third-order valence-electron chi connectivity index (χ3n) is 2.70. The molecule has 2 aromatic rings. The van der Waals surface area contributed by atoms with E-state index in [0.717, 1.165) is 17.1 Å². The number of alkyl halides is 3. The molecule has 0 radical (unpaired) electrons. The molecular formula is C12H14F3N5. The zero-order chi connectivity index (χ0) is 14.9. The number of anilines is 1. The number of halogens is 3. The molecule has 0 saturated heterocycles. The first kappa shape index (κ1) is 14.3. The Morgan fingerprint density at radius 2 is 1.95 bits per heavy atom. The molecule has 108 valence electrons. The minimum absolute atomic E-state index is 0.337. The van der Waals surface area contributed by atoms with Crippen LogP contribution in [0.15, 0.2) is 12.4 Å². The molecule has 0 unspecified atom stereocenters. The predicted octanol–water partition coefficient (Wildman–Crippen LogP) is 2.73. The number of nitrogens with one attached hydrogen (secondary N) is 1. The van der Waals surface area contributed by atoms with Gasteiger partial charge in [0.2, 0.25) is 0 Å². The number of hydrogen-bond acceptors (Lipinski definition) is 4. The summed E-state index contributed by atoms with van der Waals surface area (Å²) in [6.45, 7) is 5.98. The summed E-state index contributed by atoms with van der Waals surface area (Å²) in [5.74, 6) is 1.40. The highest BCUT2D eigenvalue weighted by molar-refractivity contribution is 5.51. The van der Waals surface area contributed by atoms with Crippen LogP contribution in [0.3, 0.4) is 0 Å². The Balaban J connectivity index is 2.50. The number of hydrogen-bond donors (Lipinski definition) is 1. The van der Waals surface area contributed by atoms with Gasteiger partial charge in [-0.2, -0.15) is 18.3 Å². The Kier molecular flexibility index (Phi) is 3.65. The van der Waals surface area contributed by atoms with Crippen LogP contribution in [-0.2, 0) is 6.18 Å². The van der Waals surface area contributed by atoms with E-state index >= 15 is 0 Å². The summed E-state index contributed by atoms with van der Waals surface area (Å²) in [5, 5.41) is 6.78. The van der Waals surface area contributed by atoms with E-state index in [2.05, 4.69) is 20.4 Å². The van der Waals surface area contributed by atoms with Gasteiger partial charge >= 0.3 is 6.18 Å². The summed E-state index contributed by atoms with van der Waals surface area (Å²) >= 11 is 0. The van der Waals surface area contributed by atoms with Crippen LogP contribution in [0.1, 0.15) is 23.9 Å². The number of aromatic nitrogens is 4. The van der Waals surface area contributed by atoms with Crippen LogP contribution in [0.4, 0.5) is 19.0 Å². The molecule has 8 heteroatoms. The fourth-order valence-corrected chi connectivity index (χ4v) is 1.76. The Morgan fingerprint density at radius 1 is 1.25 bits per heavy atom. The van der Waals surface area contributed by atoms with Crippen LogP contribution in [-0.4, -0.2) is 26.3 Å². The number of nitrogens with zero attached hydrogens (tertiary/aromatic N) is 4. The van der Waals surface area contributed by atoms with E-state index in [9.17, 15) is 13.2 Å². The highest BCUT2D eigenvalue weighted by Crippen LogP contribution is 2.29. The van der Waals surface area contributed by atoms with Gasteiger partial charge in [0.1, 0.15) is 11.6 Å². The number of aryl methyl sites for hydroxylation is 1. The Hall–Kier alpha value is -2.12. The van der Waals surface area contributed by atoms with Gasteiger partial charge < -0.3 is 5.32 Å². The zero-order valence-electron chi connectivity index (χ0n) is 11.3. The molecule has 0 amide bonds. The first-order valence-corrected chi connectivity index (χ1v) is 6.04. The third-order valence-corrected chi connectivity index (χ3v) is 2.70. The Labute approximate surface area is 113 Å². The molecule has 0 atom stereocenters. The molecule has 2 heterocycles. The minimum atomic E-state index is -4.42. The van der Waals surface area contributed by atoms with Gasteiger partial charge in [-0.05, 0) is 20.8 Å². The van der Waals surface area contributed by atoms with E-state index in [1.54, 1.807) is 13.8 Å². The van der Waals surface area contributed by atoms with Gasteiger partial charge in [0, 0.05) is 18.3 Å². The highest BCUT2D eigenvalue weighted by atomic mass is 19.4. The van der Waals surface area contributed by atoms with Gasteiger partial charge in [-0.3, -0.25) is 0 Å². The normalized spacial score (nSPS) is 11.7.